The van der Waals surface area contributed by atoms with E-state index in [1.165, 1.54) is 18.2 Å². The van der Waals surface area contributed by atoms with Crippen LogP contribution in [0, 0.1) is 12.7 Å². The molecule has 0 saturated carbocycles. The van der Waals surface area contributed by atoms with Gasteiger partial charge in [-0.2, -0.15) is 0 Å². The SMILES string of the molecule is Cc1cc(C(=O)CCN2CCCC2C(=O)O)ccc1F. The Kier molecular flexibility index (Phi) is 4.49. The van der Waals surface area contributed by atoms with E-state index >= 15 is 0 Å². The van der Waals surface area contributed by atoms with Gasteiger partial charge in [-0.15, -0.1) is 0 Å². The summed E-state index contributed by atoms with van der Waals surface area (Å²) < 4.78 is 13.1. The summed E-state index contributed by atoms with van der Waals surface area (Å²) >= 11 is 0. The maximum Gasteiger partial charge on any atom is 0.320 e. The zero-order valence-corrected chi connectivity index (χ0v) is 11.4. The molecular formula is C15H18FNO3. The second-order valence-corrected chi connectivity index (χ2v) is 5.17. The summed E-state index contributed by atoms with van der Waals surface area (Å²) in [6.07, 6.45) is 1.74. The topological polar surface area (TPSA) is 57.6 Å². The van der Waals surface area contributed by atoms with Crippen LogP contribution in [0.3, 0.4) is 0 Å². The molecule has 1 aliphatic heterocycles. The molecule has 1 heterocycles. The van der Waals surface area contributed by atoms with Crippen molar-refractivity contribution in [1.29, 1.82) is 0 Å². The molecule has 0 aliphatic carbocycles. The number of Topliss-reactive ketones (excluding diaryl/α,β-unsaturated/α-hetero) is 1. The van der Waals surface area contributed by atoms with Crippen LogP contribution in [0.4, 0.5) is 4.39 Å². The summed E-state index contributed by atoms with van der Waals surface area (Å²) in [4.78, 5) is 24.9. The number of carboxylic acid groups (broad SMARTS) is 1. The normalized spacial score (nSPS) is 19.2. The summed E-state index contributed by atoms with van der Waals surface area (Å²) in [6.45, 7) is 2.77. The Hall–Kier alpha value is -1.75. The van der Waals surface area contributed by atoms with Gasteiger partial charge in [-0.1, -0.05) is 0 Å². The van der Waals surface area contributed by atoms with E-state index in [0.29, 0.717) is 30.6 Å². The molecular weight excluding hydrogens is 261 g/mol. The fourth-order valence-corrected chi connectivity index (χ4v) is 2.58. The van der Waals surface area contributed by atoms with E-state index < -0.39 is 12.0 Å². The number of carboxylic acids is 1. The molecule has 1 aromatic rings. The summed E-state index contributed by atoms with van der Waals surface area (Å²) in [5, 5.41) is 9.06. The Morgan fingerprint density at radius 2 is 2.20 bits per heavy atom. The molecule has 5 heteroatoms. The zero-order chi connectivity index (χ0) is 14.7. The van der Waals surface area contributed by atoms with Crippen LogP contribution in [0.2, 0.25) is 0 Å². The van der Waals surface area contributed by atoms with Gasteiger partial charge in [-0.05, 0) is 50.1 Å². The Labute approximate surface area is 117 Å². The van der Waals surface area contributed by atoms with Crippen molar-refractivity contribution in [3.63, 3.8) is 0 Å². The lowest BCUT2D eigenvalue weighted by atomic mass is 10.0. The second-order valence-electron chi connectivity index (χ2n) is 5.17. The third kappa shape index (κ3) is 3.22. The lowest BCUT2D eigenvalue weighted by Crippen LogP contribution is -2.37. The molecule has 1 atom stereocenters. The molecule has 1 aromatic carbocycles. The van der Waals surface area contributed by atoms with E-state index in [9.17, 15) is 14.0 Å². The molecule has 1 unspecified atom stereocenters. The van der Waals surface area contributed by atoms with Gasteiger partial charge in [-0.3, -0.25) is 14.5 Å². The Morgan fingerprint density at radius 1 is 1.45 bits per heavy atom. The standard InChI is InChI=1S/C15H18FNO3/c1-10-9-11(4-5-12(10)16)14(18)6-8-17-7-2-3-13(17)15(19)20/h4-5,9,13H,2-3,6-8H2,1H3,(H,19,20). The number of nitrogens with zero attached hydrogens (tertiary/aromatic N) is 1. The van der Waals surface area contributed by atoms with Crippen LogP contribution in [0.15, 0.2) is 18.2 Å². The Morgan fingerprint density at radius 3 is 2.85 bits per heavy atom. The molecule has 108 valence electrons. The van der Waals surface area contributed by atoms with E-state index in [4.69, 9.17) is 5.11 Å². The first-order valence-corrected chi connectivity index (χ1v) is 6.75. The molecule has 1 fully saturated rings. The van der Waals surface area contributed by atoms with Gasteiger partial charge in [0.1, 0.15) is 11.9 Å². The third-order valence-electron chi connectivity index (χ3n) is 3.75. The molecule has 20 heavy (non-hydrogen) atoms. The van der Waals surface area contributed by atoms with Crippen LogP contribution in [0.1, 0.15) is 35.2 Å². The maximum atomic E-state index is 13.1. The number of rotatable bonds is 5. The highest BCUT2D eigenvalue weighted by Crippen LogP contribution is 2.18. The van der Waals surface area contributed by atoms with E-state index in [2.05, 4.69) is 0 Å². The largest absolute Gasteiger partial charge is 0.480 e. The molecule has 1 aliphatic rings. The first-order valence-electron chi connectivity index (χ1n) is 6.75. The van der Waals surface area contributed by atoms with Gasteiger partial charge in [0.05, 0.1) is 0 Å². The fraction of sp³-hybridized carbons (Fsp3) is 0.467. The van der Waals surface area contributed by atoms with Crippen LogP contribution in [0.5, 0.6) is 0 Å². The van der Waals surface area contributed by atoms with Crippen LogP contribution in [0.25, 0.3) is 0 Å². The average molecular weight is 279 g/mol. The van der Waals surface area contributed by atoms with Crippen LogP contribution in [-0.4, -0.2) is 40.9 Å². The smallest absolute Gasteiger partial charge is 0.320 e. The van der Waals surface area contributed by atoms with Crippen molar-refractivity contribution >= 4 is 11.8 Å². The number of carbonyl (C=O) groups is 2. The number of likely N-dealkylation sites (tertiary alicyclic amines) is 1. The fourth-order valence-electron chi connectivity index (χ4n) is 2.58. The predicted molar refractivity (Wildman–Crippen MR) is 72.3 cm³/mol. The average Bonchev–Trinajstić information content (AvgIpc) is 2.87. The molecule has 1 N–H and O–H groups in total. The van der Waals surface area contributed by atoms with Gasteiger partial charge in [0, 0.05) is 18.5 Å². The van der Waals surface area contributed by atoms with Gasteiger partial charge >= 0.3 is 5.97 Å². The van der Waals surface area contributed by atoms with Crippen LogP contribution < -0.4 is 0 Å². The predicted octanol–water partition coefficient (Wildman–Crippen LogP) is 2.26. The second kappa shape index (κ2) is 6.13. The van der Waals surface area contributed by atoms with Gasteiger partial charge in [0.2, 0.25) is 0 Å². The molecule has 4 nitrogen and oxygen atoms in total. The molecule has 0 bridgehead atoms. The minimum atomic E-state index is -0.826. The van der Waals surface area contributed by atoms with Crippen molar-refractivity contribution in [2.24, 2.45) is 0 Å². The van der Waals surface area contributed by atoms with Crippen molar-refractivity contribution in [2.45, 2.75) is 32.2 Å². The number of ketones is 1. The molecule has 0 radical (unpaired) electrons. The van der Waals surface area contributed by atoms with Crippen molar-refractivity contribution in [3.05, 3.63) is 35.1 Å². The number of hydrogen-bond acceptors (Lipinski definition) is 3. The summed E-state index contributed by atoms with van der Waals surface area (Å²) in [6, 6.07) is 3.83. The maximum absolute atomic E-state index is 13.1. The number of halogens is 1. The highest BCUT2D eigenvalue weighted by atomic mass is 19.1. The van der Waals surface area contributed by atoms with E-state index in [1.54, 1.807) is 6.92 Å². The highest BCUT2D eigenvalue weighted by molar-refractivity contribution is 5.96. The molecule has 1 saturated heterocycles. The Bertz CT molecular complexity index is 530. The molecule has 0 spiro atoms. The molecule has 0 aromatic heterocycles. The summed E-state index contributed by atoms with van der Waals surface area (Å²) in [5.41, 5.74) is 0.926. The van der Waals surface area contributed by atoms with Crippen molar-refractivity contribution in [1.82, 2.24) is 4.90 Å². The number of carbonyl (C=O) groups excluding carboxylic acids is 1. The zero-order valence-electron chi connectivity index (χ0n) is 11.4. The lowest BCUT2D eigenvalue weighted by Gasteiger charge is -2.20. The molecule has 0 amide bonds. The van der Waals surface area contributed by atoms with Gasteiger partial charge < -0.3 is 5.11 Å². The first kappa shape index (κ1) is 14.7. The van der Waals surface area contributed by atoms with Gasteiger partial charge in [0.25, 0.3) is 0 Å². The van der Waals surface area contributed by atoms with E-state index in [0.717, 1.165) is 6.42 Å². The van der Waals surface area contributed by atoms with Gasteiger partial charge in [0.15, 0.2) is 5.78 Å². The summed E-state index contributed by atoms with van der Waals surface area (Å²) in [7, 11) is 0. The van der Waals surface area contributed by atoms with Crippen LogP contribution in [-0.2, 0) is 4.79 Å². The summed E-state index contributed by atoms with van der Waals surface area (Å²) in [5.74, 6) is -1.23. The quantitative estimate of drug-likeness (QED) is 0.840. The lowest BCUT2D eigenvalue weighted by molar-refractivity contribution is -0.142. The number of hydrogen-bond donors (Lipinski definition) is 1. The van der Waals surface area contributed by atoms with Crippen molar-refractivity contribution in [2.75, 3.05) is 13.1 Å². The third-order valence-corrected chi connectivity index (χ3v) is 3.75. The molecule has 2 rings (SSSR count). The van der Waals surface area contributed by atoms with E-state index in [-0.39, 0.29) is 18.0 Å². The number of aryl methyl sites for hydroxylation is 1. The number of aliphatic carboxylic acids is 1. The highest BCUT2D eigenvalue weighted by Gasteiger charge is 2.30. The Balaban J connectivity index is 1.95. The first-order chi connectivity index (χ1) is 9.49. The van der Waals surface area contributed by atoms with Crippen molar-refractivity contribution in [3.8, 4) is 0 Å². The number of benzene rings is 1. The van der Waals surface area contributed by atoms with Gasteiger partial charge in [-0.25, -0.2) is 4.39 Å². The monoisotopic (exact) mass is 279 g/mol. The minimum Gasteiger partial charge on any atom is -0.480 e. The van der Waals surface area contributed by atoms with E-state index in [1.807, 2.05) is 4.90 Å². The van der Waals surface area contributed by atoms with Crippen LogP contribution >= 0.6 is 0 Å². The minimum absolute atomic E-state index is 0.0795. The van der Waals surface area contributed by atoms with Crippen molar-refractivity contribution < 1.29 is 19.1 Å².